The minimum atomic E-state index is -3.71. The minimum absolute atomic E-state index is 0.0754. The van der Waals surface area contributed by atoms with Gasteiger partial charge >= 0.3 is 0 Å². The first-order valence-electron chi connectivity index (χ1n) is 7.68. The Bertz CT molecular complexity index is 837. The number of nitrogens with zero attached hydrogens (tertiary/aromatic N) is 3. The summed E-state index contributed by atoms with van der Waals surface area (Å²) in [5, 5.41) is 10.8. The second-order valence-corrected chi connectivity index (χ2v) is 8.61. The van der Waals surface area contributed by atoms with E-state index in [4.69, 9.17) is 5.14 Å². The maximum Gasteiger partial charge on any atom is 0.238 e. The lowest BCUT2D eigenvalue weighted by Crippen LogP contribution is -2.12. The number of allylic oxidation sites excluding steroid dienone is 2. The van der Waals surface area contributed by atoms with Crippen molar-refractivity contribution in [2.75, 3.05) is 0 Å². The van der Waals surface area contributed by atoms with E-state index in [0.29, 0.717) is 10.4 Å². The Morgan fingerprint density at radius 3 is 2.42 bits per heavy atom. The van der Waals surface area contributed by atoms with E-state index in [-0.39, 0.29) is 4.90 Å². The van der Waals surface area contributed by atoms with Crippen molar-refractivity contribution in [2.45, 2.75) is 49.4 Å². The molecule has 0 saturated carbocycles. The largest absolute Gasteiger partial charge is 0.238 e. The fourth-order valence-electron chi connectivity index (χ4n) is 2.21. The molecule has 0 unspecified atom stereocenters. The van der Waals surface area contributed by atoms with Crippen molar-refractivity contribution in [1.29, 1.82) is 0 Å². The summed E-state index contributed by atoms with van der Waals surface area (Å²) in [6.07, 6.45) is 2.85. The van der Waals surface area contributed by atoms with Crippen molar-refractivity contribution < 1.29 is 8.42 Å². The highest BCUT2D eigenvalue weighted by Gasteiger charge is 2.16. The van der Waals surface area contributed by atoms with Gasteiger partial charge < -0.3 is 0 Å². The molecule has 2 aromatic rings. The Kier molecular flexibility index (Phi) is 5.84. The van der Waals surface area contributed by atoms with E-state index in [1.54, 1.807) is 28.6 Å². The average molecular weight is 367 g/mol. The summed E-state index contributed by atoms with van der Waals surface area (Å²) in [5.74, 6) is 0.770. The van der Waals surface area contributed by atoms with Crippen LogP contribution in [-0.2, 0) is 10.0 Å². The second kappa shape index (κ2) is 7.50. The van der Waals surface area contributed by atoms with Gasteiger partial charge in [-0.1, -0.05) is 38.6 Å². The number of rotatable bonds is 6. The average Bonchev–Trinajstić information content (AvgIpc) is 2.90. The van der Waals surface area contributed by atoms with E-state index in [0.717, 1.165) is 23.5 Å². The molecule has 0 aliphatic rings. The van der Waals surface area contributed by atoms with Crippen LogP contribution in [0.2, 0.25) is 0 Å². The number of nitrogens with two attached hydrogens (primary N) is 1. The summed E-state index contributed by atoms with van der Waals surface area (Å²) in [7, 11) is -3.71. The molecule has 0 spiro atoms. The molecule has 1 aromatic carbocycles. The molecule has 130 valence electrons. The molecule has 0 amide bonds. The zero-order valence-electron chi connectivity index (χ0n) is 14.2. The standard InChI is InChI=1S/C16H22N4O2S2/c1-5-12(6-2)15-18-16(23-11(3)4)19-20(15)13-7-9-14(10-8-13)24(17,21)22/h5,7-11H,6H2,1-4H3,(H2,17,21,22)/b12-5+. The summed E-state index contributed by atoms with van der Waals surface area (Å²) in [6.45, 7) is 8.20. The van der Waals surface area contributed by atoms with Crippen molar-refractivity contribution >= 4 is 27.4 Å². The van der Waals surface area contributed by atoms with Crippen LogP contribution in [0.15, 0.2) is 40.4 Å². The number of primary sulfonamides is 1. The first kappa shape index (κ1) is 18.7. The zero-order chi connectivity index (χ0) is 17.9. The molecule has 0 bridgehead atoms. The van der Waals surface area contributed by atoms with Crippen LogP contribution in [0.5, 0.6) is 0 Å². The minimum Gasteiger partial charge on any atom is -0.225 e. The van der Waals surface area contributed by atoms with Gasteiger partial charge in [0.25, 0.3) is 0 Å². The number of thioether (sulfide) groups is 1. The fourth-order valence-corrected chi connectivity index (χ4v) is 3.42. The van der Waals surface area contributed by atoms with Crippen LogP contribution in [-0.4, -0.2) is 28.4 Å². The van der Waals surface area contributed by atoms with Crippen LogP contribution in [0.25, 0.3) is 11.3 Å². The smallest absolute Gasteiger partial charge is 0.225 e. The molecule has 8 heteroatoms. The van der Waals surface area contributed by atoms with Gasteiger partial charge in [0, 0.05) is 5.25 Å². The van der Waals surface area contributed by atoms with Crippen LogP contribution in [0.4, 0.5) is 0 Å². The van der Waals surface area contributed by atoms with Gasteiger partial charge in [-0.05, 0) is 43.2 Å². The monoisotopic (exact) mass is 366 g/mol. The Morgan fingerprint density at radius 2 is 1.96 bits per heavy atom. The lowest BCUT2D eigenvalue weighted by molar-refractivity contribution is 0.598. The van der Waals surface area contributed by atoms with Gasteiger partial charge in [0.1, 0.15) is 0 Å². The van der Waals surface area contributed by atoms with E-state index in [2.05, 4.69) is 30.9 Å². The third-order valence-corrected chi connectivity index (χ3v) is 5.14. The predicted octanol–water partition coefficient (Wildman–Crippen LogP) is 3.23. The highest BCUT2D eigenvalue weighted by Crippen LogP contribution is 2.26. The van der Waals surface area contributed by atoms with Crippen molar-refractivity contribution in [3.63, 3.8) is 0 Å². The number of sulfonamides is 1. The molecule has 24 heavy (non-hydrogen) atoms. The molecule has 0 aliphatic carbocycles. The van der Waals surface area contributed by atoms with Crippen LogP contribution < -0.4 is 5.14 Å². The molecule has 0 saturated heterocycles. The van der Waals surface area contributed by atoms with Gasteiger partial charge in [0.15, 0.2) is 5.82 Å². The fraction of sp³-hybridized carbons (Fsp3) is 0.375. The van der Waals surface area contributed by atoms with Crippen LogP contribution in [0, 0.1) is 0 Å². The van der Waals surface area contributed by atoms with Crippen LogP contribution >= 0.6 is 11.8 Å². The maximum atomic E-state index is 11.4. The maximum absolute atomic E-state index is 11.4. The van der Waals surface area contributed by atoms with Crippen molar-refractivity contribution in [3.8, 4) is 5.69 Å². The van der Waals surface area contributed by atoms with Crippen LogP contribution in [0.1, 0.15) is 39.9 Å². The number of hydrogen-bond acceptors (Lipinski definition) is 5. The van der Waals surface area contributed by atoms with Gasteiger partial charge in [-0.15, -0.1) is 5.10 Å². The first-order chi connectivity index (χ1) is 11.3. The molecule has 1 aromatic heterocycles. The number of benzene rings is 1. The van der Waals surface area contributed by atoms with Crippen molar-refractivity contribution in [1.82, 2.24) is 14.8 Å². The summed E-state index contributed by atoms with van der Waals surface area (Å²) in [5.41, 5.74) is 1.82. The number of aromatic nitrogens is 3. The van der Waals surface area contributed by atoms with Crippen molar-refractivity contribution in [2.24, 2.45) is 5.14 Å². The lowest BCUT2D eigenvalue weighted by atomic mass is 10.2. The second-order valence-electron chi connectivity index (χ2n) is 5.50. The Hall–Kier alpha value is -1.64. The third kappa shape index (κ3) is 4.25. The summed E-state index contributed by atoms with van der Waals surface area (Å²) < 4.78 is 24.6. The van der Waals surface area contributed by atoms with Gasteiger partial charge in [-0.2, -0.15) is 0 Å². The van der Waals surface area contributed by atoms with E-state index < -0.39 is 10.0 Å². The van der Waals surface area contributed by atoms with Gasteiger partial charge in [0.05, 0.1) is 10.6 Å². The Balaban J connectivity index is 2.53. The summed E-state index contributed by atoms with van der Waals surface area (Å²) in [4.78, 5) is 4.72. The molecule has 0 radical (unpaired) electrons. The first-order valence-corrected chi connectivity index (χ1v) is 10.1. The molecule has 1 heterocycles. The topological polar surface area (TPSA) is 90.9 Å². The molecule has 0 atom stereocenters. The van der Waals surface area contributed by atoms with Crippen LogP contribution in [0.3, 0.4) is 0 Å². The summed E-state index contributed by atoms with van der Waals surface area (Å²) in [6, 6.07) is 6.33. The Morgan fingerprint density at radius 1 is 1.33 bits per heavy atom. The van der Waals surface area contributed by atoms with Crippen molar-refractivity contribution in [3.05, 3.63) is 36.2 Å². The normalized spacial score (nSPS) is 12.8. The summed E-state index contributed by atoms with van der Waals surface area (Å²) >= 11 is 1.59. The van der Waals surface area contributed by atoms with E-state index in [1.165, 1.54) is 12.1 Å². The third-order valence-electron chi connectivity index (χ3n) is 3.36. The molecule has 2 rings (SSSR count). The predicted molar refractivity (Wildman–Crippen MR) is 97.7 cm³/mol. The molecule has 0 fully saturated rings. The highest BCUT2D eigenvalue weighted by molar-refractivity contribution is 7.99. The van der Waals surface area contributed by atoms with Gasteiger partial charge in [-0.25, -0.2) is 23.2 Å². The molecule has 0 aliphatic heterocycles. The molecule has 6 nitrogen and oxygen atoms in total. The van der Waals surface area contributed by atoms with E-state index in [1.807, 2.05) is 13.0 Å². The van der Waals surface area contributed by atoms with E-state index in [9.17, 15) is 8.42 Å². The quantitative estimate of drug-likeness (QED) is 0.793. The lowest BCUT2D eigenvalue weighted by Gasteiger charge is -2.08. The van der Waals surface area contributed by atoms with Gasteiger partial charge in [-0.3, -0.25) is 0 Å². The highest BCUT2D eigenvalue weighted by atomic mass is 32.2. The van der Waals surface area contributed by atoms with E-state index >= 15 is 0 Å². The molecule has 2 N–H and O–H groups in total. The molecular formula is C16H22N4O2S2. The van der Waals surface area contributed by atoms with Gasteiger partial charge in [0.2, 0.25) is 15.2 Å². The SMILES string of the molecule is C/C=C(\CC)c1nc(SC(C)C)nn1-c1ccc(S(N)(=O)=O)cc1. The number of hydrogen-bond donors (Lipinski definition) is 1. The Labute approximate surface area is 147 Å². The zero-order valence-corrected chi connectivity index (χ0v) is 15.9. The molecular weight excluding hydrogens is 344 g/mol.